The van der Waals surface area contributed by atoms with Crippen LogP contribution in [0.15, 0.2) is 78.9 Å². The molecule has 8 heteroatoms. The number of anilines is 1. The summed E-state index contributed by atoms with van der Waals surface area (Å²) in [5.41, 5.74) is 2.00. The van der Waals surface area contributed by atoms with Crippen molar-refractivity contribution in [3.05, 3.63) is 101 Å². The monoisotopic (exact) mass is 464 g/mol. The molecule has 3 aromatic rings. The number of benzene rings is 3. The van der Waals surface area contributed by atoms with Gasteiger partial charge in [0.05, 0.1) is 6.42 Å². The van der Waals surface area contributed by atoms with Gasteiger partial charge in [0.15, 0.2) is 0 Å². The van der Waals surface area contributed by atoms with Gasteiger partial charge in [0.1, 0.15) is 25.1 Å². The van der Waals surface area contributed by atoms with Crippen molar-refractivity contribution in [2.45, 2.75) is 32.6 Å². The SMILES string of the molecule is Cc1c(F)cccc1NC(=O)[C@@H](CC(=O)OCc1ccccc1)NC(=O)OCc1ccccc1. The number of rotatable bonds is 9. The lowest BCUT2D eigenvalue weighted by Gasteiger charge is -2.19. The molecule has 0 aliphatic carbocycles. The summed E-state index contributed by atoms with van der Waals surface area (Å²) in [4.78, 5) is 37.6. The summed E-state index contributed by atoms with van der Waals surface area (Å²) in [6.45, 7) is 1.52. The van der Waals surface area contributed by atoms with Gasteiger partial charge in [-0.3, -0.25) is 9.59 Å². The van der Waals surface area contributed by atoms with Crippen LogP contribution in [-0.4, -0.2) is 24.0 Å². The molecule has 7 nitrogen and oxygen atoms in total. The zero-order valence-corrected chi connectivity index (χ0v) is 18.6. The zero-order chi connectivity index (χ0) is 24.3. The zero-order valence-electron chi connectivity index (χ0n) is 18.6. The second kappa shape index (κ2) is 12.2. The van der Waals surface area contributed by atoms with Crippen LogP contribution >= 0.6 is 0 Å². The smallest absolute Gasteiger partial charge is 0.408 e. The topological polar surface area (TPSA) is 93.7 Å². The number of alkyl carbamates (subject to hydrolysis) is 1. The third-order valence-corrected chi connectivity index (χ3v) is 4.96. The van der Waals surface area contributed by atoms with Gasteiger partial charge in [0.25, 0.3) is 0 Å². The van der Waals surface area contributed by atoms with E-state index in [0.717, 1.165) is 11.1 Å². The molecule has 0 unspecified atom stereocenters. The van der Waals surface area contributed by atoms with E-state index in [0.29, 0.717) is 0 Å². The van der Waals surface area contributed by atoms with Crippen molar-refractivity contribution in [1.82, 2.24) is 5.32 Å². The molecule has 34 heavy (non-hydrogen) atoms. The number of hydrogen-bond donors (Lipinski definition) is 2. The van der Waals surface area contributed by atoms with Crippen LogP contribution in [0.25, 0.3) is 0 Å². The fraction of sp³-hybridized carbons (Fsp3) is 0.192. The summed E-state index contributed by atoms with van der Waals surface area (Å²) in [5, 5.41) is 4.96. The minimum absolute atomic E-state index is 0.0114. The number of halogens is 1. The van der Waals surface area contributed by atoms with Gasteiger partial charge in [-0.2, -0.15) is 0 Å². The molecule has 0 saturated heterocycles. The lowest BCUT2D eigenvalue weighted by molar-refractivity contribution is -0.146. The van der Waals surface area contributed by atoms with Crippen LogP contribution in [0.3, 0.4) is 0 Å². The number of carbonyl (C=O) groups is 3. The molecule has 3 aromatic carbocycles. The number of esters is 1. The Labute approximate surface area is 196 Å². The second-order valence-electron chi connectivity index (χ2n) is 7.51. The molecule has 0 aliphatic heterocycles. The van der Waals surface area contributed by atoms with Gasteiger partial charge in [0.2, 0.25) is 5.91 Å². The maximum atomic E-state index is 13.9. The highest BCUT2D eigenvalue weighted by atomic mass is 19.1. The van der Waals surface area contributed by atoms with Crippen molar-refractivity contribution in [1.29, 1.82) is 0 Å². The Balaban J connectivity index is 1.65. The van der Waals surface area contributed by atoms with E-state index in [2.05, 4.69) is 10.6 Å². The Kier molecular flexibility index (Phi) is 8.73. The van der Waals surface area contributed by atoms with E-state index < -0.39 is 36.2 Å². The molecule has 0 aromatic heterocycles. The first-order valence-corrected chi connectivity index (χ1v) is 10.6. The quantitative estimate of drug-likeness (QED) is 0.455. The van der Waals surface area contributed by atoms with Crippen LogP contribution in [0, 0.1) is 12.7 Å². The summed E-state index contributed by atoms with van der Waals surface area (Å²) >= 11 is 0. The van der Waals surface area contributed by atoms with Crippen LogP contribution in [0.4, 0.5) is 14.9 Å². The Morgan fingerprint density at radius 2 is 1.41 bits per heavy atom. The molecular formula is C26H25FN2O5. The van der Waals surface area contributed by atoms with Crippen molar-refractivity contribution in [3.8, 4) is 0 Å². The fourth-order valence-corrected chi connectivity index (χ4v) is 3.04. The van der Waals surface area contributed by atoms with E-state index in [1.54, 1.807) is 36.4 Å². The average molecular weight is 464 g/mol. The molecule has 1 atom stereocenters. The summed E-state index contributed by atoms with van der Waals surface area (Å²) < 4.78 is 24.3. The highest BCUT2D eigenvalue weighted by Crippen LogP contribution is 2.18. The van der Waals surface area contributed by atoms with Crippen LogP contribution < -0.4 is 10.6 Å². The molecule has 0 radical (unpaired) electrons. The first kappa shape index (κ1) is 24.4. The number of ether oxygens (including phenoxy) is 2. The predicted molar refractivity (Wildman–Crippen MR) is 124 cm³/mol. The molecule has 0 saturated carbocycles. The van der Waals surface area contributed by atoms with E-state index in [1.807, 2.05) is 24.3 Å². The lowest BCUT2D eigenvalue weighted by atomic mass is 10.1. The molecule has 0 fully saturated rings. The number of nitrogens with one attached hydrogen (secondary N) is 2. The second-order valence-corrected chi connectivity index (χ2v) is 7.51. The molecule has 0 aliphatic rings. The average Bonchev–Trinajstić information content (AvgIpc) is 2.85. The largest absolute Gasteiger partial charge is 0.461 e. The third kappa shape index (κ3) is 7.44. The van der Waals surface area contributed by atoms with Gasteiger partial charge >= 0.3 is 12.1 Å². The fourth-order valence-electron chi connectivity index (χ4n) is 3.04. The molecular weight excluding hydrogens is 439 g/mol. The maximum Gasteiger partial charge on any atom is 0.408 e. The molecule has 0 bridgehead atoms. The van der Waals surface area contributed by atoms with E-state index in [1.165, 1.54) is 25.1 Å². The highest BCUT2D eigenvalue weighted by molar-refractivity contribution is 5.99. The summed E-state index contributed by atoms with van der Waals surface area (Å²) in [6, 6.07) is 21.0. The number of carbonyl (C=O) groups excluding carboxylic acids is 3. The van der Waals surface area contributed by atoms with Crippen molar-refractivity contribution < 1.29 is 28.2 Å². The first-order chi connectivity index (χ1) is 16.4. The van der Waals surface area contributed by atoms with Crippen LogP contribution in [0.5, 0.6) is 0 Å². The van der Waals surface area contributed by atoms with Crippen LogP contribution in [0.2, 0.25) is 0 Å². The van der Waals surface area contributed by atoms with E-state index in [4.69, 9.17) is 9.47 Å². The summed E-state index contributed by atoms with van der Waals surface area (Å²) in [6.07, 6.45) is -1.32. The Morgan fingerprint density at radius 1 is 0.824 bits per heavy atom. The van der Waals surface area contributed by atoms with Gasteiger partial charge in [-0.05, 0) is 30.2 Å². The first-order valence-electron chi connectivity index (χ1n) is 10.6. The molecule has 3 rings (SSSR count). The van der Waals surface area contributed by atoms with Gasteiger partial charge < -0.3 is 20.1 Å². The van der Waals surface area contributed by atoms with E-state index in [-0.39, 0.29) is 24.5 Å². The minimum Gasteiger partial charge on any atom is -0.461 e. The highest BCUT2D eigenvalue weighted by Gasteiger charge is 2.26. The molecule has 2 amide bonds. The van der Waals surface area contributed by atoms with Crippen LogP contribution in [0.1, 0.15) is 23.1 Å². The standard InChI is InChI=1S/C26H25FN2O5/c1-18-21(27)13-8-14-22(18)28-25(31)23(15-24(30)33-16-19-9-4-2-5-10-19)29-26(32)34-17-20-11-6-3-7-12-20/h2-14,23H,15-17H2,1H3,(H,28,31)(H,29,32)/t23-/m1/s1. The van der Waals surface area contributed by atoms with Crippen molar-refractivity contribution >= 4 is 23.7 Å². The summed E-state index contributed by atoms with van der Waals surface area (Å²) in [7, 11) is 0. The summed E-state index contributed by atoms with van der Waals surface area (Å²) in [5.74, 6) is -1.89. The molecule has 0 spiro atoms. The van der Waals surface area contributed by atoms with E-state index >= 15 is 0 Å². The predicted octanol–water partition coefficient (Wildman–Crippen LogP) is 4.50. The Morgan fingerprint density at radius 3 is 2.03 bits per heavy atom. The maximum absolute atomic E-state index is 13.9. The van der Waals surface area contributed by atoms with Crippen molar-refractivity contribution in [2.24, 2.45) is 0 Å². The minimum atomic E-state index is -1.30. The molecule has 0 heterocycles. The Hall–Kier alpha value is -4.20. The van der Waals surface area contributed by atoms with Crippen molar-refractivity contribution in [2.75, 3.05) is 5.32 Å². The van der Waals surface area contributed by atoms with Crippen LogP contribution in [-0.2, 0) is 32.3 Å². The lowest BCUT2D eigenvalue weighted by Crippen LogP contribution is -2.45. The number of amides is 2. The van der Waals surface area contributed by atoms with Crippen molar-refractivity contribution in [3.63, 3.8) is 0 Å². The molecule has 2 N–H and O–H groups in total. The third-order valence-electron chi connectivity index (χ3n) is 4.96. The number of hydrogen-bond acceptors (Lipinski definition) is 5. The van der Waals surface area contributed by atoms with Gasteiger partial charge in [-0.1, -0.05) is 66.7 Å². The Bertz CT molecular complexity index is 1070. The van der Waals surface area contributed by atoms with E-state index in [9.17, 15) is 18.8 Å². The van der Waals surface area contributed by atoms with Gasteiger partial charge in [-0.15, -0.1) is 0 Å². The van der Waals surface area contributed by atoms with Gasteiger partial charge in [-0.25, -0.2) is 9.18 Å². The van der Waals surface area contributed by atoms with Gasteiger partial charge in [0, 0.05) is 11.3 Å². The normalized spacial score (nSPS) is 11.2. The molecule has 176 valence electrons.